The molecule has 15 heavy (non-hydrogen) atoms. The average molecular weight is 210 g/mol. The predicted molar refractivity (Wildman–Crippen MR) is 56.5 cm³/mol. The van der Waals surface area contributed by atoms with Gasteiger partial charge in [0, 0.05) is 12.6 Å². The summed E-state index contributed by atoms with van der Waals surface area (Å²) in [5, 5.41) is 20.7. The van der Waals surface area contributed by atoms with Crippen LogP contribution in [0.3, 0.4) is 0 Å². The van der Waals surface area contributed by atoms with E-state index in [2.05, 4.69) is 0 Å². The van der Waals surface area contributed by atoms with Crippen molar-refractivity contribution in [2.45, 2.75) is 19.4 Å². The first kappa shape index (κ1) is 11.6. The number of nitrogens with zero attached hydrogens (tertiary/aromatic N) is 1. The van der Waals surface area contributed by atoms with Crippen molar-refractivity contribution in [3.05, 3.63) is 39.4 Å². The Labute approximate surface area is 87.7 Å². The van der Waals surface area contributed by atoms with Crippen LogP contribution in [0, 0.1) is 17.0 Å². The molecule has 0 bridgehead atoms. The van der Waals surface area contributed by atoms with Gasteiger partial charge in [-0.1, -0.05) is 11.6 Å². The van der Waals surface area contributed by atoms with Crippen molar-refractivity contribution in [2.24, 2.45) is 5.73 Å². The van der Waals surface area contributed by atoms with Gasteiger partial charge in [-0.15, -0.1) is 0 Å². The Morgan fingerprint density at radius 2 is 2.20 bits per heavy atom. The summed E-state index contributed by atoms with van der Waals surface area (Å²) in [5.74, 6) is 0. The lowest BCUT2D eigenvalue weighted by Crippen LogP contribution is -2.32. The fraction of sp³-hybridized carbons (Fsp3) is 0.400. The number of aryl methyl sites for hydroxylation is 1. The van der Waals surface area contributed by atoms with Gasteiger partial charge in [-0.2, -0.15) is 0 Å². The molecule has 3 N–H and O–H groups in total. The summed E-state index contributed by atoms with van der Waals surface area (Å²) >= 11 is 0. The molecule has 1 aromatic carbocycles. The van der Waals surface area contributed by atoms with E-state index in [4.69, 9.17) is 5.73 Å². The lowest BCUT2D eigenvalue weighted by molar-refractivity contribution is -0.386. The molecule has 5 nitrogen and oxygen atoms in total. The Bertz CT molecular complexity index is 388. The number of nitro groups is 1. The molecule has 1 rings (SSSR count). The number of aliphatic hydroxyl groups is 1. The number of hydrogen-bond donors (Lipinski definition) is 2. The predicted octanol–water partition coefficient (Wildman–Crippen LogP) is 1.07. The zero-order valence-electron chi connectivity index (χ0n) is 8.73. The van der Waals surface area contributed by atoms with Gasteiger partial charge in [-0.25, -0.2) is 0 Å². The van der Waals surface area contributed by atoms with Crippen LogP contribution in [0.2, 0.25) is 0 Å². The van der Waals surface area contributed by atoms with Crippen LogP contribution >= 0.6 is 0 Å². The van der Waals surface area contributed by atoms with Crippen molar-refractivity contribution in [3.63, 3.8) is 0 Å². The van der Waals surface area contributed by atoms with Gasteiger partial charge in [-0.3, -0.25) is 10.1 Å². The normalized spacial score (nSPS) is 14.7. The summed E-state index contributed by atoms with van der Waals surface area (Å²) in [5.41, 5.74) is 5.03. The molecule has 5 heteroatoms. The molecule has 82 valence electrons. The third-order valence-corrected chi connectivity index (χ3v) is 2.33. The highest BCUT2D eigenvalue weighted by atomic mass is 16.6. The summed E-state index contributed by atoms with van der Waals surface area (Å²) in [7, 11) is 0. The van der Waals surface area contributed by atoms with E-state index in [1.165, 1.54) is 13.0 Å². The number of nitro benzene ring substituents is 1. The fourth-order valence-electron chi connectivity index (χ4n) is 1.35. The van der Waals surface area contributed by atoms with Crippen molar-refractivity contribution >= 4 is 5.69 Å². The first-order chi connectivity index (χ1) is 6.88. The van der Waals surface area contributed by atoms with E-state index in [1.807, 2.05) is 0 Å². The molecule has 1 unspecified atom stereocenters. The van der Waals surface area contributed by atoms with Crippen LogP contribution in [0.5, 0.6) is 0 Å². The van der Waals surface area contributed by atoms with Gasteiger partial charge in [0.05, 0.1) is 10.5 Å². The van der Waals surface area contributed by atoms with Gasteiger partial charge >= 0.3 is 0 Å². The third kappa shape index (κ3) is 2.31. The quantitative estimate of drug-likeness (QED) is 0.576. The van der Waals surface area contributed by atoms with Crippen LogP contribution in [0.1, 0.15) is 18.1 Å². The fourth-order valence-corrected chi connectivity index (χ4v) is 1.35. The smallest absolute Gasteiger partial charge is 0.275 e. The molecular weight excluding hydrogens is 196 g/mol. The molecule has 0 radical (unpaired) electrons. The molecular formula is C10H14N2O3. The maximum atomic E-state index is 10.7. The SMILES string of the molecule is Cc1ccc([N+](=O)[O-])c(C(C)(O)CN)c1. The molecule has 0 aromatic heterocycles. The van der Waals surface area contributed by atoms with Crippen LogP contribution in [-0.4, -0.2) is 16.6 Å². The number of rotatable bonds is 3. The van der Waals surface area contributed by atoms with E-state index in [-0.39, 0.29) is 17.8 Å². The first-order valence-electron chi connectivity index (χ1n) is 4.56. The van der Waals surface area contributed by atoms with Crippen molar-refractivity contribution in [3.8, 4) is 0 Å². The minimum absolute atomic E-state index is 0.0582. The second-order valence-corrected chi connectivity index (χ2v) is 3.76. The minimum Gasteiger partial charge on any atom is -0.384 e. The van der Waals surface area contributed by atoms with Gasteiger partial charge in [0.15, 0.2) is 0 Å². The number of nitrogens with two attached hydrogens (primary N) is 1. The van der Waals surface area contributed by atoms with E-state index in [9.17, 15) is 15.2 Å². The minimum atomic E-state index is -1.37. The first-order valence-corrected chi connectivity index (χ1v) is 4.56. The Morgan fingerprint density at radius 3 is 2.67 bits per heavy atom. The highest BCUT2D eigenvalue weighted by Crippen LogP contribution is 2.29. The van der Waals surface area contributed by atoms with Crippen LogP contribution in [0.15, 0.2) is 18.2 Å². The Balaban J connectivity index is 3.37. The Kier molecular flexibility index (Phi) is 3.06. The van der Waals surface area contributed by atoms with Crippen LogP contribution in [0.4, 0.5) is 5.69 Å². The topological polar surface area (TPSA) is 89.4 Å². The number of benzene rings is 1. The molecule has 0 aliphatic rings. The van der Waals surface area contributed by atoms with Crippen LogP contribution in [-0.2, 0) is 5.60 Å². The van der Waals surface area contributed by atoms with E-state index in [1.54, 1.807) is 19.1 Å². The molecule has 0 fully saturated rings. The Morgan fingerprint density at radius 1 is 1.60 bits per heavy atom. The third-order valence-electron chi connectivity index (χ3n) is 2.33. The van der Waals surface area contributed by atoms with E-state index in [0.29, 0.717) is 0 Å². The molecule has 0 heterocycles. The molecule has 0 aliphatic heterocycles. The standard InChI is InChI=1S/C10H14N2O3/c1-7-3-4-9(12(14)15)8(5-7)10(2,13)6-11/h3-5,13H,6,11H2,1-2H3. The molecule has 0 spiro atoms. The van der Waals surface area contributed by atoms with E-state index >= 15 is 0 Å². The molecule has 0 saturated carbocycles. The van der Waals surface area contributed by atoms with Crippen molar-refractivity contribution in [2.75, 3.05) is 6.54 Å². The van der Waals surface area contributed by atoms with Crippen molar-refractivity contribution < 1.29 is 10.0 Å². The molecule has 0 aliphatic carbocycles. The highest BCUT2D eigenvalue weighted by Gasteiger charge is 2.29. The molecule has 1 aromatic rings. The molecule has 0 amide bonds. The van der Waals surface area contributed by atoms with Crippen molar-refractivity contribution in [1.82, 2.24) is 0 Å². The largest absolute Gasteiger partial charge is 0.384 e. The molecule has 1 atom stereocenters. The second kappa shape index (κ2) is 3.96. The van der Waals surface area contributed by atoms with Gasteiger partial charge in [0.1, 0.15) is 5.60 Å². The lowest BCUT2D eigenvalue weighted by Gasteiger charge is -2.21. The monoisotopic (exact) mass is 210 g/mol. The average Bonchev–Trinajstić information content (AvgIpc) is 2.17. The summed E-state index contributed by atoms with van der Waals surface area (Å²) in [6, 6.07) is 4.61. The maximum Gasteiger partial charge on any atom is 0.275 e. The van der Waals surface area contributed by atoms with Crippen molar-refractivity contribution in [1.29, 1.82) is 0 Å². The van der Waals surface area contributed by atoms with Gasteiger partial charge in [0.2, 0.25) is 0 Å². The van der Waals surface area contributed by atoms with Gasteiger partial charge in [0.25, 0.3) is 5.69 Å². The Hall–Kier alpha value is -1.46. The zero-order chi connectivity index (χ0) is 11.6. The van der Waals surface area contributed by atoms with Gasteiger partial charge < -0.3 is 10.8 Å². The van der Waals surface area contributed by atoms with E-state index < -0.39 is 10.5 Å². The van der Waals surface area contributed by atoms with E-state index in [0.717, 1.165) is 5.56 Å². The maximum absolute atomic E-state index is 10.7. The summed E-state index contributed by atoms with van der Waals surface area (Å²) in [4.78, 5) is 10.2. The summed E-state index contributed by atoms with van der Waals surface area (Å²) in [6.45, 7) is 3.21. The summed E-state index contributed by atoms with van der Waals surface area (Å²) < 4.78 is 0. The van der Waals surface area contributed by atoms with Crippen LogP contribution < -0.4 is 5.73 Å². The van der Waals surface area contributed by atoms with Crippen LogP contribution in [0.25, 0.3) is 0 Å². The zero-order valence-corrected chi connectivity index (χ0v) is 8.73. The van der Waals surface area contributed by atoms with Gasteiger partial charge in [-0.05, 0) is 19.9 Å². The number of hydrogen-bond acceptors (Lipinski definition) is 4. The highest BCUT2D eigenvalue weighted by molar-refractivity contribution is 5.46. The summed E-state index contributed by atoms with van der Waals surface area (Å²) in [6.07, 6.45) is 0. The second-order valence-electron chi connectivity index (χ2n) is 3.76. The lowest BCUT2D eigenvalue weighted by atomic mass is 9.93. The molecule has 0 saturated heterocycles.